The van der Waals surface area contributed by atoms with E-state index in [9.17, 15) is 18.8 Å². The van der Waals surface area contributed by atoms with Gasteiger partial charge >= 0.3 is 12.0 Å². The van der Waals surface area contributed by atoms with Gasteiger partial charge in [0.25, 0.3) is 5.91 Å². The van der Waals surface area contributed by atoms with Crippen LogP contribution in [-0.4, -0.2) is 42.0 Å². The summed E-state index contributed by atoms with van der Waals surface area (Å²) >= 11 is 3.05. The van der Waals surface area contributed by atoms with E-state index in [0.29, 0.717) is 6.54 Å². The number of amides is 3. The van der Waals surface area contributed by atoms with Gasteiger partial charge in [-0.25, -0.2) is 14.0 Å². The van der Waals surface area contributed by atoms with E-state index in [2.05, 4.69) is 21.2 Å². The van der Waals surface area contributed by atoms with Crippen LogP contribution in [0.1, 0.15) is 17.3 Å². The van der Waals surface area contributed by atoms with Crippen LogP contribution in [0.4, 0.5) is 9.18 Å². The third-order valence-corrected chi connectivity index (χ3v) is 3.56. The van der Waals surface area contributed by atoms with Crippen molar-refractivity contribution in [3.05, 3.63) is 34.1 Å². The molecule has 1 aliphatic rings. The first kappa shape index (κ1) is 15.4. The Hall–Kier alpha value is -1.96. The molecule has 1 heterocycles. The Morgan fingerprint density at radius 3 is 2.76 bits per heavy atom. The molecule has 21 heavy (non-hydrogen) atoms. The van der Waals surface area contributed by atoms with Crippen molar-refractivity contribution < 1.29 is 23.5 Å². The third-order valence-electron chi connectivity index (χ3n) is 2.91. The quantitative estimate of drug-likeness (QED) is 0.834. The smallest absolute Gasteiger partial charge is 0.340 e. The summed E-state index contributed by atoms with van der Waals surface area (Å²) in [6.45, 7) is 1.98. The minimum atomic E-state index is -1.11. The molecule has 0 radical (unpaired) electrons. The molecule has 112 valence electrons. The molecule has 1 unspecified atom stereocenters. The Labute approximate surface area is 128 Å². The lowest BCUT2D eigenvalue weighted by atomic mass is 10.2. The second-order valence-corrected chi connectivity index (χ2v) is 5.25. The largest absolute Gasteiger partial charge is 0.449 e. The molecule has 1 fully saturated rings. The molecule has 1 aliphatic heterocycles. The van der Waals surface area contributed by atoms with E-state index in [-0.39, 0.29) is 16.6 Å². The lowest BCUT2D eigenvalue weighted by Crippen LogP contribution is -2.41. The molecule has 1 saturated heterocycles. The number of ether oxygens (including phenoxy) is 1. The fourth-order valence-electron chi connectivity index (χ4n) is 1.83. The van der Waals surface area contributed by atoms with E-state index < -0.39 is 29.8 Å². The molecule has 1 atom stereocenters. The molecule has 3 amide bonds. The van der Waals surface area contributed by atoms with Gasteiger partial charge in [-0.15, -0.1) is 0 Å². The molecule has 0 bridgehead atoms. The fourth-order valence-corrected chi connectivity index (χ4v) is 2.34. The number of carbonyl (C=O) groups is 3. The summed E-state index contributed by atoms with van der Waals surface area (Å²) in [5, 5.41) is 2.48. The average Bonchev–Trinajstić information content (AvgIpc) is 2.83. The molecule has 1 aromatic rings. The number of nitrogens with one attached hydrogen (secondary N) is 1. The van der Waals surface area contributed by atoms with Gasteiger partial charge < -0.3 is 10.1 Å². The van der Waals surface area contributed by atoms with Crippen LogP contribution in [0.3, 0.4) is 0 Å². The van der Waals surface area contributed by atoms with Crippen LogP contribution in [-0.2, 0) is 9.53 Å². The summed E-state index contributed by atoms with van der Waals surface area (Å²) in [7, 11) is 0. The second kappa shape index (κ2) is 6.21. The van der Waals surface area contributed by atoms with Gasteiger partial charge in [0.1, 0.15) is 5.82 Å². The average molecular weight is 359 g/mol. The first-order valence-electron chi connectivity index (χ1n) is 6.15. The standard InChI is InChI=1S/C13H12BrFN2O4/c1-7(11(18)17-5-4-16-13(17)20)21-12(19)9-3-2-8(15)6-10(9)14/h2-3,6-7H,4-5H2,1H3,(H,16,20). The highest BCUT2D eigenvalue weighted by Crippen LogP contribution is 2.19. The molecule has 0 aliphatic carbocycles. The molecular formula is C13H12BrFN2O4. The first-order chi connectivity index (χ1) is 9.90. The molecule has 1 N–H and O–H groups in total. The van der Waals surface area contributed by atoms with Crippen molar-refractivity contribution in [1.29, 1.82) is 0 Å². The van der Waals surface area contributed by atoms with Gasteiger partial charge in [0, 0.05) is 17.6 Å². The number of esters is 1. The molecule has 0 aromatic heterocycles. The maximum atomic E-state index is 13.0. The van der Waals surface area contributed by atoms with Crippen molar-refractivity contribution in [2.45, 2.75) is 13.0 Å². The minimum Gasteiger partial charge on any atom is -0.449 e. The molecule has 0 spiro atoms. The number of hydrogen-bond acceptors (Lipinski definition) is 4. The third kappa shape index (κ3) is 3.38. The van der Waals surface area contributed by atoms with Crippen molar-refractivity contribution in [2.75, 3.05) is 13.1 Å². The van der Waals surface area contributed by atoms with Gasteiger partial charge in [0.15, 0.2) is 6.10 Å². The molecular weight excluding hydrogens is 347 g/mol. The normalized spacial score (nSPS) is 15.6. The van der Waals surface area contributed by atoms with E-state index in [1.807, 2.05) is 0 Å². The van der Waals surface area contributed by atoms with E-state index >= 15 is 0 Å². The van der Waals surface area contributed by atoms with Crippen molar-refractivity contribution in [3.8, 4) is 0 Å². The summed E-state index contributed by atoms with van der Waals surface area (Å²) in [6.07, 6.45) is -1.11. The Bertz CT molecular complexity index is 608. The molecule has 8 heteroatoms. The summed E-state index contributed by atoms with van der Waals surface area (Å²) < 4.78 is 18.2. The van der Waals surface area contributed by atoms with Crippen LogP contribution in [0.15, 0.2) is 22.7 Å². The number of rotatable bonds is 3. The molecule has 2 rings (SSSR count). The second-order valence-electron chi connectivity index (χ2n) is 4.39. The van der Waals surface area contributed by atoms with Gasteiger partial charge in [-0.2, -0.15) is 0 Å². The first-order valence-corrected chi connectivity index (χ1v) is 6.94. The van der Waals surface area contributed by atoms with Crippen LogP contribution < -0.4 is 5.32 Å². The van der Waals surface area contributed by atoms with Gasteiger partial charge in [0.2, 0.25) is 0 Å². The number of nitrogens with zero attached hydrogens (tertiary/aromatic N) is 1. The van der Waals surface area contributed by atoms with Crippen molar-refractivity contribution in [2.24, 2.45) is 0 Å². The van der Waals surface area contributed by atoms with Gasteiger partial charge in [-0.3, -0.25) is 9.69 Å². The summed E-state index contributed by atoms with van der Waals surface area (Å²) in [4.78, 5) is 36.3. The molecule has 6 nitrogen and oxygen atoms in total. The highest BCUT2D eigenvalue weighted by molar-refractivity contribution is 9.10. The highest BCUT2D eigenvalue weighted by atomic mass is 79.9. The van der Waals surface area contributed by atoms with E-state index in [1.54, 1.807) is 0 Å². The zero-order chi connectivity index (χ0) is 15.6. The number of urea groups is 1. The number of benzene rings is 1. The highest BCUT2D eigenvalue weighted by Gasteiger charge is 2.32. The number of imide groups is 1. The van der Waals surface area contributed by atoms with E-state index in [1.165, 1.54) is 13.0 Å². The van der Waals surface area contributed by atoms with E-state index in [0.717, 1.165) is 17.0 Å². The Morgan fingerprint density at radius 1 is 1.48 bits per heavy atom. The van der Waals surface area contributed by atoms with Gasteiger partial charge in [0.05, 0.1) is 5.56 Å². The van der Waals surface area contributed by atoms with Crippen LogP contribution in [0.2, 0.25) is 0 Å². The predicted molar refractivity (Wildman–Crippen MR) is 74.1 cm³/mol. The van der Waals surface area contributed by atoms with Gasteiger partial charge in [-0.1, -0.05) is 0 Å². The lowest BCUT2D eigenvalue weighted by Gasteiger charge is -2.18. The Kier molecular flexibility index (Phi) is 4.56. The Balaban J connectivity index is 2.05. The SMILES string of the molecule is CC(OC(=O)c1ccc(F)cc1Br)C(=O)N1CCNC1=O. The lowest BCUT2D eigenvalue weighted by molar-refractivity contribution is -0.136. The van der Waals surface area contributed by atoms with Gasteiger partial charge in [-0.05, 0) is 41.1 Å². The maximum Gasteiger partial charge on any atom is 0.340 e. The van der Waals surface area contributed by atoms with Crippen molar-refractivity contribution in [3.63, 3.8) is 0 Å². The number of halogens is 2. The number of hydrogen-bond donors (Lipinski definition) is 1. The van der Waals surface area contributed by atoms with E-state index in [4.69, 9.17) is 4.74 Å². The Morgan fingerprint density at radius 2 is 2.19 bits per heavy atom. The van der Waals surface area contributed by atoms with Crippen LogP contribution in [0, 0.1) is 5.82 Å². The number of carbonyl (C=O) groups excluding carboxylic acids is 3. The van der Waals surface area contributed by atoms with Crippen LogP contribution >= 0.6 is 15.9 Å². The zero-order valence-electron chi connectivity index (χ0n) is 11.1. The fraction of sp³-hybridized carbons (Fsp3) is 0.308. The summed E-state index contributed by atoms with van der Waals surface area (Å²) in [5.41, 5.74) is 0.0990. The van der Waals surface area contributed by atoms with Crippen molar-refractivity contribution in [1.82, 2.24) is 10.2 Å². The zero-order valence-corrected chi connectivity index (χ0v) is 12.6. The minimum absolute atomic E-state index is 0.0990. The summed E-state index contributed by atoms with van der Waals surface area (Å²) in [5.74, 6) is -1.88. The topological polar surface area (TPSA) is 75.7 Å². The predicted octanol–water partition coefficient (Wildman–Crippen LogP) is 1.69. The van der Waals surface area contributed by atoms with Crippen LogP contribution in [0.25, 0.3) is 0 Å². The molecule has 1 aromatic carbocycles. The summed E-state index contributed by atoms with van der Waals surface area (Å²) in [6, 6.07) is 2.98. The molecule has 0 saturated carbocycles. The van der Waals surface area contributed by atoms with Crippen molar-refractivity contribution >= 4 is 33.8 Å². The van der Waals surface area contributed by atoms with Crippen LogP contribution in [0.5, 0.6) is 0 Å². The maximum absolute atomic E-state index is 13.0. The monoisotopic (exact) mass is 358 g/mol.